The summed E-state index contributed by atoms with van der Waals surface area (Å²) in [6.07, 6.45) is 3.85. The second-order valence-corrected chi connectivity index (χ2v) is 6.26. The molecule has 1 N–H and O–H groups in total. The Labute approximate surface area is 107 Å². The van der Waals surface area contributed by atoms with Crippen molar-refractivity contribution in [2.45, 2.75) is 45.6 Å². The Bertz CT molecular complexity index is 193. The van der Waals surface area contributed by atoms with E-state index in [1.165, 1.54) is 45.4 Å². The SMILES string of the molecule is COCCCN1CCC(CNC(C)(C)C)CC1. The molecule has 0 spiro atoms. The molecule has 17 heavy (non-hydrogen) atoms. The zero-order chi connectivity index (χ0) is 12.7. The van der Waals surface area contributed by atoms with Crippen molar-refractivity contribution < 1.29 is 4.74 Å². The standard InChI is InChI=1S/C14H30N2O/c1-14(2,3)15-12-13-6-9-16(10-7-13)8-5-11-17-4/h13,15H,5-12H2,1-4H3. The van der Waals surface area contributed by atoms with Crippen LogP contribution < -0.4 is 5.32 Å². The molecular weight excluding hydrogens is 212 g/mol. The lowest BCUT2D eigenvalue weighted by Crippen LogP contribution is -2.43. The van der Waals surface area contributed by atoms with Crippen LogP contribution in [-0.4, -0.2) is 50.3 Å². The Morgan fingerprint density at radius 3 is 2.41 bits per heavy atom. The molecule has 0 radical (unpaired) electrons. The summed E-state index contributed by atoms with van der Waals surface area (Å²) in [7, 11) is 1.78. The first-order chi connectivity index (χ1) is 8.01. The summed E-state index contributed by atoms with van der Waals surface area (Å²) in [6, 6.07) is 0. The van der Waals surface area contributed by atoms with Crippen molar-refractivity contribution in [3.63, 3.8) is 0 Å². The van der Waals surface area contributed by atoms with Crippen molar-refractivity contribution >= 4 is 0 Å². The molecule has 3 heteroatoms. The van der Waals surface area contributed by atoms with Gasteiger partial charge in [-0.3, -0.25) is 0 Å². The van der Waals surface area contributed by atoms with Gasteiger partial charge in [-0.2, -0.15) is 0 Å². The highest BCUT2D eigenvalue weighted by Crippen LogP contribution is 2.17. The number of nitrogens with zero attached hydrogens (tertiary/aromatic N) is 1. The monoisotopic (exact) mass is 242 g/mol. The topological polar surface area (TPSA) is 24.5 Å². The third-order valence-electron chi connectivity index (χ3n) is 3.45. The van der Waals surface area contributed by atoms with Gasteiger partial charge in [0.25, 0.3) is 0 Å². The first kappa shape index (κ1) is 14.9. The molecule has 1 saturated heterocycles. The Kier molecular flexibility index (Phi) is 6.45. The maximum Gasteiger partial charge on any atom is 0.0474 e. The molecule has 0 amide bonds. The Morgan fingerprint density at radius 2 is 1.88 bits per heavy atom. The predicted octanol–water partition coefficient (Wildman–Crippen LogP) is 2.12. The third kappa shape index (κ3) is 7.02. The van der Waals surface area contributed by atoms with E-state index in [9.17, 15) is 0 Å². The van der Waals surface area contributed by atoms with E-state index in [2.05, 4.69) is 31.0 Å². The summed E-state index contributed by atoms with van der Waals surface area (Å²) in [4.78, 5) is 2.58. The average Bonchev–Trinajstić information content (AvgIpc) is 2.27. The second kappa shape index (κ2) is 7.34. The lowest BCUT2D eigenvalue weighted by molar-refractivity contribution is 0.144. The van der Waals surface area contributed by atoms with Gasteiger partial charge < -0.3 is 15.0 Å². The highest BCUT2D eigenvalue weighted by molar-refractivity contribution is 4.77. The van der Waals surface area contributed by atoms with E-state index in [4.69, 9.17) is 4.74 Å². The van der Waals surface area contributed by atoms with Crippen molar-refractivity contribution in [3.8, 4) is 0 Å². The molecule has 0 aliphatic carbocycles. The van der Waals surface area contributed by atoms with Crippen molar-refractivity contribution in [1.82, 2.24) is 10.2 Å². The third-order valence-corrected chi connectivity index (χ3v) is 3.45. The molecule has 1 fully saturated rings. The number of hydrogen-bond acceptors (Lipinski definition) is 3. The molecule has 1 aliphatic rings. The van der Waals surface area contributed by atoms with E-state index in [1.807, 2.05) is 0 Å². The van der Waals surface area contributed by atoms with Gasteiger partial charge >= 0.3 is 0 Å². The predicted molar refractivity (Wildman–Crippen MR) is 73.4 cm³/mol. The van der Waals surface area contributed by atoms with Crippen LogP contribution in [0.3, 0.4) is 0 Å². The molecule has 0 bridgehead atoms. The van der Waals surface area contributed by atoms with Crippen molar-refractivity contribution in [3.05, 3.63) is 0 Å². The molecule has 0 aromatic carbocycles. The van der Waals surface area contributed by atoms with Crippen LogP contribution in [0.2, 0.25) is 0 Å². The van der Waals surface area contributed by atoms with Crippen LogP contribution in [-0.2, 0) is 4.74 Å². The van der Waals surface area contributed by atoms with Crippen LogP contribution in [0.4, 0.5) is 0 Å². The van der Waals surface area contributed by atoms with E-state index in [0.29, 0.717) is 0 Å². The zero-order valence-corrected chi connectivity index (χ0v) is 12.1. The number of piperidine rings is 1. The molecule has 1 heterocycles. The van der Waals surface area contributed by atoms with Gasteiger partial charge in [-0.25, -0.2) is 0 Å². The Hall–Kier alpha value is -0.120. The quantitative estimate of drug-likeness (QED) is 0.722. The summed E-state index contributed by atoms with van der Waals surface area (Å²) in [5, 5.41) is 3.62. The van der Waals surface area contributed by atoms with E-state index in [-0.39, 0.29) is 5.54 Å². The number of hydrogen-bond donors (Lipinski definition) is 1. The molecule has 1 aliphatic heterocycles. The zero-order valence-electron chi connectivity index (χ0n) is 12.1. The first-order valence-corrected chi connectivity index (χ1v) is 6.97. The minimum Gasteiger partial charge on any atom is -0.385 e. The maximum absolute atomic E-state index is 5.09. The maximum atomic E-state index is 5.09. The Morgan fingerprint density at radius 1 is 1.24 bits per heavy atom. The molecular formula is C14H30N2O. The van der Waals surface area contributed by atoms with Crippen LogP contribution in [0.25, 0.3) is 0 Å². The number of methoxy groups -OCH3 is 1. The van der Waals surface area contributed by atoms with Gasteiger partial charge in [-0.15, -0.1) is 0 Å². The minimum atomic E-state index is 0.260. The van der Waals surface area contributed by atoms with Gasteiger partial charge in [0.1, 0.15) is 0 Å². The van der Waals surface area contributed by atoms with Gasteiger partial charge in [-0.1, -0.05) is 0 Å². The van der Waals surface area contributed by atoms with Gasteiger partial charge in [-0.05, 0) is 65.6 Å². The fraction of sp³-hybridized carbons (Fsp3) is 1.00. The van der Waals surface area contributed by atoms with Crippen molar-refractivity contribution in [1.29, 1.82) is 0 Å². The molecule has 0 unspecified atom stereocenters. The average molecular weight is 242 g/mol. The molecule has 0 atom stereocenters. The molecule has 0 aromatic heterocycles. The fourth-order valence-electron chi connectivity index (χ4n) is 2.30. The lowest BCUT2D eigenvalue weighted by atomic mass is 9.95. The minimum absolute atomic E-state index is 0.260. The van der Waals surface area contributed by atoms with Crippen molar-refractivity contribution in [2.75, 3.05) is 39.9 Å². The van der Waals surface area contributed by atoms with E-state index < -0.39 is 0 Å². The molecule has 0 saturated carbocycles. The first-order valence-electron chi connectivity index (χ1n) is 6.97. The van der Waals surface area contributed by atoms with Gasteiger partial charge in [0, 0.05) is 25.8 Å². The number of nitrogens with one attached hydrogen (secondary N) is 1. The summed E-state index contributed by atoms with van der Waals surface area (Å²) in [5.41, 5.74) is 0.260. The molecule has 0 aromatic rings. The van der Waals surface area contributed by atoms with E-state index in [0.717, 1.165) is 12.5 Å². The number of ether oxygens (including phenoxy) is 1. The lowest BCUT2D eigenvalue weighted by Gasteiger charge is -2.33. The summed E-state index contributed by atoms with van der Waals surface area (Å²) in [6.45, 7) is 12.5. The van der Waals surface area contributed by atoms with Crippen LogP contribution in [0.15, 0.2) is 0 Å². The fourth-order valence-corrected chi connectivity index (χ4v) is 2.30. The number of rotatable bonds is 6. The summed E-state index contributed by atoms with van der Waals surface area (Å²) >= 11 is 0. The highest BCUT2D eigenvalue weighted by Gasteiger charge is 2.20. The van der Waals surface area contributed by atoms with Crippen LogP contribution >= 0.6 is 0 Å². The number of likely N-dealkylation sites (tertiary alicyclic amines) is 1. The van der Waals surface area contributed by atoms with Crippen molar-refractivity contribution in [2.24, 2.45) is 5.92 Å². The van der Waals surface area contributed by atoms with E-state index in [1.54, 1.807) is 7.11 Å². The van der Waals surface area contributed by atoms with Gasteiger partial charge in [0.05, 0.1) is 0 Å². The van der Waals surface area contributed by atoms with E-state index >= 15 is 0 Å². The van der Waals surface area contributed by atoms with Crippen LogP contribution in [0.1, 0.15) is 40.0 Å². The highest BCUT2D eigenvalue weighted by atomic mass is 16.5. The summed E-state index contributed by atoms with van der Waals surface area (Å²) < 4.78 is 5.09. The second-order valence-electron chi connectivity index (χ2n) is 6.26. The Balaban J connectivity index is 2.09. The van der Waals surface area contributed by atoms with Gasteiger partial charge in [0.2, 0.25) is 0 Å². The molecule has 3 nitrogen and oxygen atoms in total. The largest absolute Gasteiger partial charge is 0.385 e. The van der Waals surface area contributed by atoms with Crippen LogP contribution in [0.5, 0.6) is 0 Å². The normalized spacial score (nSPS) is 19.8. The van der Waals surface area contributed by atoms with Gasteiger partial charge in [0.15, 0.2) is 0 Å². The van der Waals surface area contributed by atoms with Crippen LogP contribution in [0, 0.1) is 5.92 Å². The summed E-state index contributed by atoms with van der Waals surface area (Å²) in [5.74, 6) is 0.868. The molecule has 1 rings (SSSR count). The smallest absolute Gasteiger partial charge is 0.0474 e. The molecule has 102 valence electrons.